The fourth-order valence-corrected chi connectivity index (χ4v) is 3.20. The van der Waals surface area contributed by atoms with Crippen LogP contribution in [0.4, 0.5) is 17.1 Å². The van der Waals surface area contributed by atoms with Gasteiger partial charge in [0.15, 0.2) is 0 Å². The van der Waals surface area contributed by atoms with E-state index >= 15 is 0 Å². The van der Waals surface area contributed by atoms with Gasteiger partial charge < -0.3 is 15.1 Å². The molecule has 2 aromatic rings. The van der Waals surface area contributed by atoms with Gasteiger partial charge in [-0.15, -0.1) is 0 Å². The largest absolute Gasteiger partial charge is 0.383 e. The Morgan fingerprint density at radius 2 is 1.85 bits per heavy atom. The number of nitro benzene ring substituents is 1. The van der Waals surface area contributed by atoms with E-state index in [1.165, 1.54) is 11.6 Å². The molecule has 26 heavy (non-hydrogen) atoms. The molecule has 1 fully saturated rings. The Hall–Kier alpha value is -3.09. The second kappa shape index (κ2) is 7.43. The number of piperazine rings is 1. The monoisotopic (exact) mass is 354 g/mol. The molecule has 0 bridgehead atoms. The van der Waals surface area contributed by atoms with Gasteiger partial charge in [-0.05, 0) is 36.8 Å². The van der Waals surface area contributed by atoms with Crippen LogP contribution in [-0.4, -0.2) is 49.0 Å². The van der Waals surface area contributed by atoms with Crippen LogP contribution < -0.4 is 10.2 Å². The third kappa shape index (κ3) is 3.61. The molecule has 0 radical (unpaired) electrons. The summed E-state index contributed by atoms with van der Waals surface area (Å²) in [6.45, 7) is 4.73. The van der Waals surface area contributed by atoms with Gasteiger partial charge in [-0.25, -0.2) is 0 Å². The second-order valence-electron chi connectivity index (χ2n) is 6.36. The topological polar surface area (TPSA) is 78.7 Å². The third-order valence-electron chi connectivity index (χ3n) is 4.64. The Bertz CT molecular complexity index is 829. The molecule has 1 amide bonds. The second-order valence-corrected chi connectivity index (χ2v) is 6.36. The normalized spacial score (nSPS) is 14.2. The minimum absolute atomic E-state index is 0.0863. The lowest BCUT2D eigenvalue weighted by Gasteiger charge is -2.36. The van der Waals surface area contributed by atoms with Crippen molar-refractivity contribution in [2.45, 2.75) is 6.92 Å². The summed E-state index contributed by atoms with van der Waals surface area (Å²) in [5.74, 6) is -0.167. The van der Waals surface area contributed by atoms with E-state index in [1.54, 1.807) is 24.1 Å². The van der Waals surface area contributed by atoms with E-state index in [2.05, 4.69) is 35.3 Å². The van der Waals surface area contributed by atoms with E-state index < -0.39 is 4.92 Å². The standard InChI is InChI=1S/C19H22N4O3/c1-14-4-3-5-16(12-14)21-8-10-22(11-9-21)19(24)15-6-7-17(20-2)18(13-15)23(25)26/h3-7,12-13,20H,8-11H2,1-2H3. The van der Waals surface area contributed by atoms with Crippen LogP contribution in [0.3, 0.4) is 0 Å². The quantitative estimate of drug-likeness (QED) is 0.675. The average Bonchev–Trinajstić information content (AvgIpc) is 2.67. The van der Waals surface area contributed by atoms with Crippen LogP contribution in [0.25, 0.3) is 0 Å². The highest BCUT2D eigenvalue weighted by atomic mass is 16.6. The molecule has 1 saturated heterocycles. The highest BCUT2D eigenvalue weighted by molar-refractivity contribution is 5.96. The zero-order valence-electron chi connectivity index (χ0n) is 14.9. The maximum Gasteiger partial charge on any atom is 0.293 e. The maximum absolute atomic E-state index is 12.7. The molecule has 0 aliphatic carbocycles. The van der Waals surface area contributed by atoms with Gasteiger partial charge in [-0.2, -0.15) is 0 Å². The molecule has 7 nitrogen and oxygen atoms in total. The number of carbonyl (C=O) groups excluding carboxylic acids is 1. The first kappa shape index (κ1) is 17.7. The van der Waals surface area contributed by atoms with Gasteiger partial charge in [0.2, 0.25) is 0 Å². The van der Waals surface area contributed by atoms with E-state index in [9.17, 15) is 14.9 Å². The van der Waals surface area contributed by atoms with Crippen molar-refractivity contribution in [3.8, 4) is 0 Å². The molecule has 0 unspecified atom stereocenters. The van der Waals surface area contributed by atoms with E-state index in [1.807, 2.05) is 6.07 Å². The summed E-state index contributed by atoms with van der Waals surface area (Å²) in [5.41, 5.74) is 3.02. The first-order valence-electron chi connectivity index (χ1n) is 8.56. The lowest BCUT2D eigenvalue weighted by Crippen LogP contribution is -2.48. The Labute approximate surface area is 152 Å². The van der Waals surface area contributed by atoms with Gasteiger partial charge in [0.25, 0.3) is 11.6 Å². The van der Waals surface area contributed by atoms with Crippen LogP contribution in [0.5, 0.6) is 0 Å². The Morgan fingerprint density at radius 1 is 1.12 bits per heavy atom. The van der Waals surface area contributed by atoms with Crippen LogP contribution in [-0.2, 0) is 0 Å². The number of rotatable bonds is 4. The minimum atomic E-state index is -0.474. The van der Waals surface area contributed by atoms with Crippen LogP contribution in [0.15, 0.2) is 42.5 Å². The van der Waals surface area contributed by atoms with Crippen molar-refractivity contribution in [2.24, 2.45) is 0 Å². The summed E-state index contributed by atoms with van der Waals surface area (Å²) >= 11 is 0. The summed E-state index contributed by atoms with van der Waals surface area (Å²) in [6.07, 6.45) is 0. The predicted molar refractivity (Wildman–Crippen MR) is 102 cm³/mol. The number of anilines is 2. The van der Waals surface area contributed by atoms with Crippen LogP contribution in [0.1, 0.15) is 15.9 Å². The molecule has 0 aromatic heterocycles. The molecule has 0 spiro atoms. The molecule has 0 atom stereocenters. The van der Waals surface area contributed by atoms with Gasteiger partial charge in [0.05, 0.1) is 4.92 Å². The zero-order chi connectivity index (χ0) is 18.7. The molecule has 1 aliphatic heterocycles. The number of hydrogen-bond acceptors (Lipinski definition) is 5. The van der Waals surface area contributed by atoms with Gasteiger partial charge in [-0.1, -0.05) is 12.1 Å². The number of carbonyl (C=O) groups is 1. The highest BCUT2D eigenvalue weighted by Gasteiger charge is 2.24. The summed E-state index contributed by atoms with van der Waals surface area (Å²) in [7, 11) is 1.62. The fraction of sp³-hybridized carbons (Fsp3) is 0.316. The fourth-order valence-electron chi connectivity index (χ4n) is 3.20. The Balaban J connectivity index is 1.70. The lowest BCUT2D eigenvalue weighted by molar-refractivity contribution is -0.384. The van der Waals surface area contributed by atoms with E-state index in [-0.39, 0.29) is 11.6 Å². The number of hydrogen-bond donors (Lipinski definition) is 1. The Kier molecular flexibility index (Phi) is 5.06. The van der Waals surface area contributed by atoms with Crippen molar-refractivity contribution in [2.75, 3.05) is 43.4 Å². The van der Waals surface area contributed by atoms with Gasteiger partial charge in [-0.3, -0.25) is 14.9 Å². The molecule has 1 N–H and O–H groups in total. The number of benzene rings is 2. The zero-order valence-corrected chi connectivity index (χ0v) is 14.9. The number of amides is 1. The summed E-state index contributed by atoms with van der Waals surface area (Å²) in [5, 5.41) is 14.0. The van der Waals surface area contributed by atoms with Gasteiger partial charge in [0, 0.05) is 50.5 Å². The van der Waals surface area contributed by atoms with E-state index in [0.29, 0.717) is 24.3 Å². The summed E-state index contributed by atoms with van der Waals surface area (Å²) in [6, 6.07) is 12.9. The number of nitrogens with zero attached hydrogens (tertiary/aromatic N) is 3. The van der Waals surface area contributed by atoms with Crippen molar-refractivity contribution in [1.82, 2.24) is 4.90 Å². The highest BCUT2D eigenvalue weighted by Crippen LogP contribution is 2.26. The molecule has 3 rings (SSSR count). The van der Waals surface area contributed by atoms with Gasteiger partial charge in [0.1, 0.15) is 5.69 Å². The third-order valence-corrected chi connectivity index (χ3v) is 4.64. The van der Waals surface area contributed by atoms with Crippen LogP contribution >= 0.6 is 0 Å². The van der Waals surface area contributed by atoms with Crippen molar-refractivity contribution >= 4 is 23.0 Å². The summed E-state index contributed by atoms with van der Waals surface area (Å²) in [4.78, 5) is 27.5. The number of aryl methyl sites for hydroxylation is 1. The molecule has 136 valence electrons. The van der Waals surface area contributed by atoms with Gasteiger partial charge >= 0.3 is 0 Å². The number of nitrogens with one attached hydrogen (secondary N) is 1. The molecule has 0 saturated carbocycles. The van der Waals surface area contributed by atoms with E-state index in [0.717, 1.165) is 18.8 Å². The number of nitro groups is 1. The van der Waals surface area contributed by atoms with Crippen molar-refractivity contribution in [3.05, 3.63) is 63.7 Å². The van der Waals surface area contributed by atoms with Crippen molar-refractivity contribution < 1.29 is 9.72 Å². The molecular formula is C19H22N4O3. The van der Waals surface area contributed by atoms with E-state index in [4.69, 9.17) is 0 Å². The molecule has 1 aliphatic rings. The van der Waals surface area contributed by atoms with Crippen molar-refractivity contribution in [3.63, 3.8) is 0 Å². The first-order chi connectivity index (χ1) is 12.5. The molecule has 7 heteroatoms. The summed E-state index contributed by atoms with van der Waals surface area (Å²) < 4.78 is 0. The minimum Gasteiger partial charge on any atom is -0.383 e. The SMILES string of the molecule is CNc1ccc(C(=O)N2CCN(c3cccc(C)c3)CC2)cc1[N+](=O)[O-]. The molecular weight excluding hydrogens is 332 g/mol. The lowest BCUT2D eigenvalue weighted by atomic mass is 10.1. The van der Waals surface area contributed by atoms with Crippen LogP contribution in [0, 0.1) is 17.0 Å². The Morgan fingerprint density at radius 3 is 2.46 bits per heavy atom. The van der Waals surface area contributed by atoms with Crippen LogP contribution in [0.2, 0.25) is 0 Å². The first-order valence-corrected chi connectivity index (χ1v) is 8.56. The maximum atomic E-state index is 12.7. The average molecular weight is 354 g/mol. The molecule has 1 heterocycles. The van der Waals surface area contributed by atoms with Crippen molar-refractivity contribution in [1.29, 1.82) is 0 Å². The molecule has 2 aromatic carbocycles. The predicted octanol–water partition coefficient (Wildman–Crippen LogP) is 2.91. The smallest absolute Gasteiger partial charge is 0.293 e.